The molecule has 3 nitrogen and oxygen atoms in total. The van der Waals surface area contributed by atoms with Crippen LogP contribution in [0.3, 0.4) is 0 Å². The molecule has 78 valence electrons. The highest BCUT2D eigenvalue weighted by Gasteiger charge is 1.99. The van der Waals surface area contributed by atoms with Crippen LogP contribution < -0.4 is 5.32 Å². The van der Waals surface area contributed by atoms with Gasteiger partial charge in [0.15, 0.2) is 0 Å². The largest absolute Gasteiger partial charge is 0.340 e. The Labute approximate surface area is 94.4 Å². The van der Waals surface area contributed by atoms with Gasteiger partial charge in [0.2, 0.25) is 0 Å². The number of nitrogens with one attached hydrogen (secondary N) is 1. The lowest BCUT2D eigenvalue weighted by Crippen LogP contribution is -1.95. The second-order valence-corrected chi connectivity index (χ2v) is 3.52. The highest BCUT2D eigenvalue weighted by atomic mass is 15.0. The van der Waals surface area contributed by atoms with Gasteiger partial charge in [0.1, 0.15) is 17.6 Å². The third-order valence-electron chi connectivity index (χ3n) is 2.13. The van der Waals surface area contributed by atoms with Gasteiger partial charge in [-0.2, -0.15) is 5.26 Å². The van der Waals surface area contributed by atoms with E-state index < -0.39 is 0 Å². The highest BCUT2D eigenvalue weighted by molar-refractivity contribution is 5.57. The molecular weight excluding hydrogens is 198 g/mol. The van der Waals surface area contributed by atoms with E-state index in [0.717, 1.165) is 11.3 Å². The van der Waals surface area contributed by atoms with Gasteiger partial charge in [-0.15, -0.1) is 0 Å². The molecule has 0 amide bonds. The number of aromatic nitrogens is 1. The summed E-state index contributed by atoms with van der Waals surface area (Å²) in [5.41, 5.74) is 2.41. The number of pyridine rings is 1. The number of aryl methyl sites for hydroxylation is 1. The second kappa shape index (κ2) is 4.45. The van der Waals surface area contributed by atoms with Crippen molar-refractivity contribution in [2.45, 2.75) is 6.92 Å². The Morgan fingerprint density at radius 2 is 1.94 bits per heavy atom. The minimum atomic E-state index is 0.429. The molecule has 3 heteroatoms. The Morgan fingerprint density at radius 3 is 2.62 bits per heavy atom. The fourth-order valence-electron chi connectivity index (χ4n) is 1.46. The fraction of sp³-hybridized carbons (Fsp3) is 0.0769. The van der Waals surface area contributed by atoms with Crippen molar-refractivity contribution in [3.8, 4) is 6.07 Å². The number of rotatable bonds is 2. The molecular formula is C13H11N3. The summed E-state index contributed by atoms with van der Waals surface area (Å²) in [6.45, 7) is 1.94. The minimum absolute atomic E-state index is 0.429. The number of nitrogens with zero attached hydrogens (tertiary/aromatic N) is 2. The Bertz CT molecular complexity index is 527. The summed E-state index contributed by atoms with van der Waals surface area (Å²) in [4.78, 5) is 4.18. The van der Waals surface area contributed by atoms with Crippen molar-refractivity contribution in [2.24, 2.45) is 0 Å². The van der Waals surface area contributed by atoms with E-state index in [4.69, 9.17) is 5.26 Å². The standard InChI is InChI=1S/C13H11N3/c1-10-7-12(9-14)16-13(8-10)15-11-5-3-2-4-6-11/h2-8H,1H3,(H,15,16). The number of hydrogen-bond acceptors (Lipinski definition) is 3. The minimum Gasteiger partial charge on any atom is -0.340 e. The van der Waals surface area contributed by atoms with E-state index in [9.17, 15) is 0 Å². The van der Waals surface area contributed by atoms with Gasteiger partial charge in [0.05, 0.1) is 0 Å². The Hall–Kier alpha value is -2.34. The van der Waals surface area contributed by atoms with E-state index in [2.05, 4.69) is 10.3 Å². The molecule has 0 aliphatic heterocycles. The van der Waals surface area contributed by atoms with Crippen molar-refractivity contribution in [1.29, 1.82) is 5.26 Å². The molecule has 1 aromatic heterocycles. The van der Waals surface area contributed by atoms with Crippen LogP contribution in [0.1, 0.15) is 11.3 Å². The van der Waals surface area contributed by atoms with Crippen LogP contribution in [0.2, 0.25) is 0 Å². The van der Waals surface area contributed by atoms with E-state index in [0.29, 0.717) is 11.5 Å². The number of benzene rings is 1. The van der Waals surface area contributed by atoms with Crippen LogP contribution in [0.5, 0.6) is 0 Å². The van der Waals surface area contributed by atoms with Crippen LogP contribution in [-0.4, -0.2) is 4.98 Å². The third-order valence-corrected chi connectivity index (χ3v) is 2.13. The molecule has 0 fully saturated rings. The molecule has 0 unspecified atom stereocenters. The topological polar surface area (TPSA) is 48.7 Å². The molecule has 0 aliphatic carbocycles. The first-order valence-corrected chi connectivity index (χ1v) is 4.99. The zero-order valence-corrected chi connectivity index (χ0v) is 8.94. The van der Waals surface area contributed by atoms with Gasteiger partial charge in [-0.3, -0.25) is 0 Å². The lowest BCUT2D eigenvalue weighted by atomic mass is 10.2. The van der Waals surface area contributed by atoms with E-state index in [1.165, 1.54) is 0 Å². The first kappa shape index (κ1) is 10.2. The number of anilines is 2. The summed E-state index contributed by atoms with van der Waals surface area (Å²) in [7, 11) is 0. The van der Waals surface area contributed by atoms with Crippen molar-refractivity contribution in [3.63, 3.8) is 0 Å². The van der Waals surface area contributed by atoms with Crippen molar-refractivity contribution in [1.82, 2.24) is 4.98 Å². The first-order valence-electron chi connectivity index (χ1n) is 4.99. The van der Waals surface area contributed by atoms with E-state index >= 15 is 0 Å². The fourth-order valence-corrected chi connectivity index (χ4v) is 1.46. The molecule has 0 bridgehead atoms. The van der Waals surface area contributed by atoms with Gasteiger partial charge in [0, 0.05) is 5.69 Å². The summed E-state index contributed by atoms with van der Waals surface area (Å²) < 4.78 is 0. The number of para-hydroxylation sites is 1. The summed E-state index contributed by atoms with van der Waals surface area (Å²) in [6, 6.07) is 15.5. The summed E-state index contributed by atoms with van der Waals surface area (Å²) in [5.74, 6) is 0.697. The monoisotopic (exact) mass is 209 g/mol. The molecule has 0 saturated carbocycles. The molecule has 0 spiro atoms. The van der Waals surface area contributed by atoms with Crippen LogP contribution in [-0.2, 0) is 0 Å². The maximum atomic E-state index is 8.81. The molecule has 1 heterocycles. The SMILES string of the molecule is Cc1cc(C#N)nc(Nc2ccccc2)c1. The molecule has 0 saturated heterocycles. The van der Waals surface area contributed by atoms with Crippen LogP contribution in [0.25, 0.3) is 0 Å². The molecule has 0 atom stereocenters. The zero-order valence-electron chi connectivity index (χ0n) is 8.94. The third kappa shape index (κ3) is 2.37. The van der Waals surface area contributed by atoms with Crippen LogP contribution in [0, 0.1) is 18.3 Å². The average molecular weight is 209 g/mol. The molecule has 2 aromatic rings. The zero-order chi connectivity index (χ0) is 11.4. The molecule has 16 heavy (non-hydrogen) atoms. The second-order valence-electron chi connectivity index (χ2n) is 3.52. The molecule has 1 aromatic carbocycles. The smallest absolute Gasteiger partial charge is 0.143 e. The van der Waals surface area contributed by atoms with Crippen molar-refractivity contribution in [3.05, 3.63) is 53.7 Å². The molecule has 0 aliphatic rings. The molecule has 1 N–H and O–H groups in total. The molecule has 0 radical (unpaired) electrons. The Morgan fingerprint density at radius 1 is 1.19 bits per heavy atom. The maximum absolute atomic E-state index is 8.81. The van der Waals surface area contributed by atoms with Gasteiger partial charge < -0.3 is 5.32 Å². The van der Waals surface area contributed by atoms with Gasteiger partial charge in [-0.1, -0.05) is 18.2 Å². The van der Waals surface area contributed by atoms with Gasteiger partial charge in [0.25, 0.3) is 0 Å². The molecule has 2 rings (SSSR count). The van der Waals surface area contributed by atoms with Crippen molar-refractivity contribution < 1.29 is 0 Å². The Balaban J connectivity index is 2.29. The van der Waals surface area contributed by atoms with E-state index in [1.807, 2.05) is 49.4 Å². The van der Waals surface area contributed by atoms with Gasteiger partial charge in [-0.25, -0.2) is 4.98 Å². The van der Waals surface area contributed by atoms with Crippen LogP contribution in [0.4, 0.5) is 11.5 Å². The summed E-state index contributed by atoms with van der Waals surface area (Å²) in [5, 5.41) is 12.0. The lowest BCUT2D eigenvalue weighted by molar-refractivity contribution is 1.23. The van der Waals surface area contributed by atoms with E-state index in [1.54, 1.807) is 6.07 Å². The average Bonchev–Trinajstić information content (AvgIpc) is 2.29. The lowest BCUT2D eigenvalue weighted by Gasteiger charge is -2.06. The maximum Gasteiger partial charge on any atom is 0.143 e. The summed E-state index contributed by atoms with van der Waals surface area (Å²) >= 11 is 0. The van der Waals surface area contributed by atoms with Crippen molar-refractivity contribution >= 4 is 11.5 Å². The normalized spacial score (nSPS) is 9.50. The van der Waals surface area contributed by atoms with Crippen LogP contribution >= 0.6 is 0 Å². The van der Waals surface area contributed by atoms with Crippen molar-refractivity contribution in [2.75, 3.05) is 5.32 Å². The van der Waals surface area contributed by atoms with Gasteiger partial charge >= 0.3 is 0 Å². The Kier molecular flexibility index (Phi) is 2.84. The number of hydrogen-bond donors (Lipinski definition) is 1. The highest BCUT2D eigenvalue weighted by Crippen LogP contribution is 2.15. The summed E-state index contributed by atoms with van der Waals surface area (Å²) in [6.07, 6.45) is 0. The predicted molar refractivity (Wildman–Crippen MR) is 63.4 cm³/mol. The predicted octanol–water partition coefficient (Wildman–Crippen LogP) is 3.01. The first-order chi connectivity index (χ1) is 7.78. The van der Waals surface area contributed by atoms with E-state index in [-0.39, 0.29) is 0 Å². The van der Waals surface area contributed by atoms with Gasteiger partial charge in [-0.05, 0) is 36.8 Å². The quantitative estimate of drug-likeness (QED) is 0.827. The number of nitriles is 1. The van der Waals surface area contributed by atoms with Crippen LogP contribution in [0.15, 0.2) is 42.5 Å².